The molecule has 1 fully saturated rings. The van der Waals surface area contributed by atoms with Crippen LogP contribution in [0, 0.1) is 18.7 Å². The highest BCUT2D eigenvalue weighted by molar-refractivity contribution is 6.33. The normalized spacial score (nSPS) is 15.9. The Bertz CT molecular complexity index is 1140. The van der Waals surface area contributed by atoms with Gasteiger partial charge in [-0.05, 0) is 43.7 Å². The lowest BCUT2D eigenvalue weighted by molar-refractivity contribution is -0.133. The Morgan fingerprint density at radius 3 is 2.62 bits per heavy atom. The lowest BCUT2D eigenvalue weighted by Gasteiger charge is -2.20. The van der Waals surface area contributed by atoms with Crippen molar-refractivity contribution < 1.29 is 9.18 Å². The van der Waals surface area contributed by atoms with Gasteiger partial charge in [-0.3, -0.25) is 9.78 Å². The summed E-state index contributed by atoms with van der Waals surface area (Å²) in [7, 11) is 0. The number of anilines is 1. The molecule has 1 atom stereocenters. The molecule has 4 rings (SSSR count). The molecular formula is C24H25ClFN5O. The smallest absolute Gasteiger partial charge is 0.225 e. The monoisotopic (exact) mass is 453 g/mol. The summed E-state index contributed by atoms with van der Waals surface area (Å²) in [6.45, 7) is 7.06. The predicted octanol–water partition coefficient (Wildman–Crippen LogP) is 4.98. The molecular weight excluding hydrogens is 429 g/mol. The van der Waals surface area contributed by atoms with Crippen molar-refractivity contribution in [2.24, 2.45) is 5.92 Å². The SMILES string of the molecule is Cc1nc(-c2ccc(F)cc2)c(-c2ccncc2Cl)nc1N[C@H]1CCN(C(=O)C(C)C)C1. The summed E-state index contributed by atoms with van der Waals surface area (Å²) in [5.41, 5.74) is 3.35. The molecule has 0 saturated carbocycles. The number of nitrogens with one attached hydrogen (secondary N) is 1. The number of carbonyl (C=O) groups excluding carboxylic acids is 1. The van der Waals surface area contributed by atoms with Crippen LogP contribution in [0.5, 0.6) is 0 Å². The van der Waals surface area contributed by atoms with Crippen molar-refractivity contribution in [1.82, 2.24) is 19.9 Å². The Labute approximate surface area is 191 Å². The first kappa shape index (κ1) is 22.1. The highest BCUT2D eigenvalue weighted by Crippen LogP contribution is 2.35. The van der Waals surface area contributed by atoms with Crippen LogP contribution in [-0.4, -0.2) is 44.9 Å². The number of pyridine rings is 1. The zero-order valence-corrected chi connectivity index (χ0v) is 19.0. The minimum atomic E-state index is -0.318. The zero-order chi connectivity index (χ0) is 22.8. The number of nitrogens with zero attached hydrogens (tertiary/aromatic N) is 4. The third kappa shape index (κ3) is 4.58. The lowest BCUT2D eigenvalue weighted by Crippen LogP contribution is -2.34. The van der Waals surface area contributed by atoms with Crippen LogP contribution < -0.4 is 5.32 Å². The van der Waals surface area contributed by atoms with E-state index in [0.717, 1.165) is 18.5 Å². The third-order valence-electron chi connectivity index (χ3n) is 5.55. The molecule has 3 heterocycles. The molecule has 1 aliphatic rings. The molecule has 1 amide bonds. The van der Waals surface area contributed by atoms with Crippen molar-refractivity contribution in [3.63, 3.8) is 0 Å². The molecule has 0 aliphatic carbocycles. The van der Waals surface area contributed by atoms with E-state index in [9.17, 15) is 9.18 Å². The summed E-state index contributed by atoms with van der Waals surface area (Å²) in [6.07, 6.45) is 4.05. The molecule has 0 unspecified atom stereocenters. The van der Waals surface area contributed by atoms with Crippen molar-refractivity contribution in [3.05, 3.63) is 59.3 Å². The Hall–Kier alpha value is -3.06. The zero-order valence-electron chi connectivity index (χ0n) is 18.3. The molecule has 2 aromatic heterocycles. The highest BCUT2D eigenvalue weighted by atomic mass is 35.5. The number of likely N-dealkylation sites (tertiary alicyclic amines) is 1. The van der Waals surface area contributed by atoms with Gasteiger partial charge in [0.05, 0.1) is 16.4 Å². The van der Waals surface area contributed by atoms with E-state index in [1.54, 1.807) is 30.6 Å². The standard InChI is InChI=1S/C24H25ClFN5O/c1-14(2)24(32)31-11-9-18(13-31)29-23-15(3)28-21(16-4-6-17(26)7-5-16)22(30-23)19-8-10-27-12-20(19)25/h4-8,10,12,14,18H,9,11,13H2,1-3H3,(H,29,30)/t18-/m0/s1. The second kappa shape index (κ2) is 9.20. The second-order valence-corrected chi connectivity index (χ2v) is 8.69. The Kier molecular flexibility index (Phi) is 6.37. The first-order chi connectivity index (χ1) is 15.3. The Morgan fingerprint density at radius 1 is 1.19 bits per heavy atom. The van der Waals surface area contributed by atoms with Crippen molar-refractivity contribution >= 4 is 23.3 Å². The van der Waals surface area contributed by atoms with E-state index in [4.69, 9.17) is 21.6 Å². The molecule has 1 aromatic carbocycles. The summed E-state index contributed by atoms with van der Waals surface area (Å²) in [6, 6.07) is 8.03. The molecule has 166 valence electrons. The molecule has 1 N–H and O–H groups in total. The topological polar surface area (TPSA) is 71.0 Å². The van der Waals surface area contributed by atoms with Crippen molar-refractivity contribution in [1.29, 1.82) is 0 Å². The van der Waals surface area contributed by atoms with Crippen molar-refractivity contribution in [2.45, 2.75) is 33.2 Å². The highest BCUT2D eigenvalue weighted by Gasteiger charge is 2.28. The molecule has 8 heteroatoms. The fourth-order valence-corrected chi connectivity index (χ4v) is 4.07. The fourth-order valence-electron chi connectivity index (χ4n) is 3.86. The molecule has 32 heavy (non-hydrogen) atoms. The van der Waals surface area contributed by atoms with Crippen LogP contribution in [0.25, 0.3) is 22.5 Å². The van der Waals surface area contributed by atoms with Crippen molar-refractivity contribution in [3.8, 4) is 22.5 Å². The van der Waals surface area contributed by atoms with E-state index < -0.39 is 0 Å². The first-order valence-electron chi connectivity index (χ1n) is 10.6. The number of benzene rings is 1. The van der Waals surface area contributed by atoms with Gasteiger partial charge in [-0.1, -0.05) is 25.4 Å². The molecule has 0 spiro atoms. The number of rotatable bonds is 5. The molecule has 1 aliphatic heterocycles. The van der Waals surface area contributed by atoms with Gasteiger partial charge in [-0.15, -0.1) is 0 Å². The second-order valence-electron chi connectivity index (χ2n) is 8.29. The summed E-state index contributed by atoms with van der Waals surface area (Å²) in [5.74, 6) is 0.461. The van der Waals surface area contributed by atoms with Gasteiger partial charge in [-0.25, -0.2) is 14.4 Å². The number of amides is 1. The molecule has 3 aromatic rings. The van der Waals surface area contributed by atoms with Gasteiger partial charge >= 0.3 is 0 Å². The maximum Gasteiger partial charge on any atom is 0.225 e. The average Bonchev–Trinajstić information content (AvgIpc) is 3.24. The van der Waals surface area contributed by atoms with Crippen LogP contribution in [0.3, 0.4) is 0 Å². The Balaban J connectivity index is 1.71. The number of aryl methyl sites for hydroxylation is 1. The van der Waals surface area contributed by atoms with Crippen LogP contribution in [0.4, 0.5) is 10.2 Å². The van der Waals surface area contributed by atoms with E-state index in [-0.39, 0.29) is 23.7 Å². The van der Waals surface area contributed by atoms with Gasteiger partial charge in [0.2, 0.25) is 5.91 Å². The lowest BCUT2D eigenvalue weighted by atomic mass is 10.0. The third-order valence-corrected chi connectivity index (χ3v) is 5.85. The number of halogens is 2. The van der Waals surface area contributed by atoms with Gasteiger partial charge in [-0.2, -0.15) is 0 Å². The van der Waals surface area contributed by atoms with Crippen LogP contribution in [0.15, 0.2) is 42.7 Å². The van der Waals surface area contributed by atoms with E-state index in [2.05, 4.69) is 10.3 Å². The van der Waals surface area contributed by atoms with Crippen molar-refractivity contribution in [2.75, 3.05) is 18.4 Å². The average molecular weight is 454 g/mol. The molecule has 0 bridgehead atoms. The number of hydrogen-bond acceptors (Lipinski definition) is 5. The molecule has 0 radical (unpaired) electrons. The largest absolute Gasteiger partial charge is 0.364 e. The number of carbonyl (C=O) groups is 1. The van der Waals surface area contributed by atoms with Gasteiger partial charge in [0.1, 0.15) is 17.3 Å². The predicted molar refractivity (Wildman–Crippen MR) is 124 cm³/mol. The van der Waals surface area contributed by atoms with Gasteiger partial charge in [0.25, 0.3) is 0 Å². The van der Waals surface area contributed by atoms with E-state index >= 15 is 0 Å². The number of aromatic nitrogens is 3. The van der Waals surface area contributed by atoms with Crippen LogP contribution in [-0.2, 0) is 4.79 Å². The molecule has 6 nitrogen and oxygen atoms in total. The van der Waals surface area contributed by atoms with Crippen LogP contribution >= 0.6 is 11.6 Å². The Morgan fingerprint density at radius 2 is 1.94 bits per heavy atom. The van der Waals surface area contributed by atoms with Gasteiger partial charge < -0.3 is 10.2 Å². The van der Waals surface area contributed by atoms with Gasteiger partial charge in [0.15, 0.2) is 0 Å². The quantitative estimate of drug-likeness (QED) is 0.590. The summed E-state index contributed by atoms with van der Waals surface area (Å²) < 4.78 is 13.5. The number of hydrogen-bond donors (Lipinski definition) is 1. The maximum atomic E-state index is 13.5. The maximum absolute atomic E-state index is 13.5. The summed E-state index contributed by atoms with van der Waals surface area (Å²) >= 11 is 6.43. The minimum absolute atomic E-state index is 0.0225. The molecule has 1 saturated heterocycles. The summed E-state index contributed by atoms with van der Waals surface area (Å²) in [5, 5.41) is 3.92. The van der Waals surface area contributed by atoms with E-state index in [1.807, 2.05) is 25.7 Å². The first-order valence-corrected chi connectivity index (χ1v) is 11.0. The van der Waals surface area contributed by atoms with E-state index in [1.165, 1.54) is 12.1 Å². The fraction of sp³-hybridized carbons (Fsp3) is 0.333. The minimum Gasteiger partial charge on any atom is -0.364 e. The van der Waals surface area contributed by atoms with E-state index in [0.29, 0.717) is 40.0 Å². The van der Waals surface area contributed by atoms with Gasteiger partial charge in [0, 0.05) is 48.6 Å². The summed E-state index contributed by atoms with van der Waals surface area (Å²) in [4.78, 5) is 28.0. The van der Waals surface area contributed by atoms with Crippen LogP contribution in [0.2, 0.25) is 5.02 Å². The van der Waals surface area contributed by atoms with Crippen LogP contribution in [0.1, 0.15) is 26.0 Å².